The van der Waals surface area contributed by atoms with Crippen LogP contribution in [0.1, 0.15) is 62.5 Å². The SMILES string of the molecule is CC(O)Cc1ccc2c(c1)OC(c1ccccc1CN(C)C(C)(C)C)CC2. The molecule has 0 fully saturated rings. The first-order valence-corrected chi connectivity index (χ1v) is 9.99. The Kier molecular flexibility index (Phi) is 5.92. The molecule has 2 atom stereocenters. The molecule has 27 heavy (non-hydrogen) atoms. The van der Waals surface area contributed by atoms with Crippen molar-refractivity contribution in [2.75, 3.05) is 7.05 Å². The zero-order chi connectivity index (χ0) is 19.6. The first-order valence-electron chi connectivity index (χ1n) is 9.99. The minimum absolute atomic E-state index is 0.0869. The van der Waals surface area contributed by atoms with E-state index in [1.807, 2.05) is 6.92 Å². The third-order valence-corrected chi connectivity index (χ3v) is 5.56. The minimum atomic E-state index is -0.337. The normalized spacial score (nSPS) is 18.1. The van der Waals surface area contributed by atoms with E-state index >= 15 is 0 Å². The van der Waals surface area contributed by atoms with Crippen molar-refractivity contribution in [3.05, 3.63) is 64.7 Å². The van der Waals surface area contributed by atoms with Gasteiger partial charge in [-0.1, -0.05) is 36.4 Å². The van der Waals surface area contributed by atoms with E-state index < -0.39 is 0 Å². The summed E-state index contributed by atoms with van der Waals surface area (Å²) >= 11 is 0. The van der Waals surface area contributed by atoms with Crippen LogP contribution in [0.5, 0.6) is 5.75 Å². The molecule has 0 radical (unpaired) electrons. The van der Waals surface area contributed by atoms with E-state index in [-0.39, 0.29) is 17.7 Å². The van der Waals surface area contributed by atoms with Gasteiger partial charge in [0.05, 0.1) is 6.10 Å². The van der Waals surface area contributed by atoms with Crippen LogP contribution in [0.4, 0.5) is 0 Å². The van der Waals surface area contributed by atoms with Gasteiger partial charge in [-0.05, 0) is 82.3 Å². The van der Waals surface area contributed by atoms with Gasteiger partial charge in [0.1, 0.15) is 11.9 Å². The second-order valence-electron chi connectivity index (χ2n) is 8.87. The Hall–Kier alpha value is -1.84. The average Bonchev–Trinajstić information content (AvgIpc) is 2.60. The third kappa shape index (κ3) is 4.91. The molecule has 1 N–H and O–H groups in total. The van der Waals surface area contributed by atoms with Crippen LogP contribution in [0, 0.1) is 0 Å². The molecule has 146 valence electrons. The molecule has 3 nitrogen and oxygen atoms in total. The summed E-state index contributed by atoms with van der Waals surface area (Å²) in [7, 11) is 2.18. The molecule has 1 heterocycles. The highest BCUT2D eigenvalue weighted by molar-refractivity contribution is 5.41. The average molecular weight is 368 g/mol. The Balaban J connectivity index is 1.83. The molecule has 1 aliphatic heterocycles. The number of rotatable bonds is 5. The number of aliphatic hydroxyl groups is 1. The van der Waals surface area contributed by atoms with Gasteiger partial charge in [0.15, 0.2) is 0 Å². The van der Waals surface area contributed by atoms with Crippen molar-refractivity contribution >= 4 is 0 Å². The van der Waals surface area contributed by atoms with Gasteiger partial charge in [-0.2, -0.15) is 0 Å². The van der Waals surface area contributed by atoms with Crippen molar-refractivity contribution in [3.8, 4) is 5.75 Å². The van der Waals surface area contributed by atoms with Crippen LogP contribution in [0.15, 0.2) is 42.5 Å². The van der Waals surface area contributed by atoms with Gasteiger partial charge in [-0.3, -0.25) is 4.90 Å². The fourth-order valence-corrected chi connectivity index (χ4v) is 3.59. The Morgan fingerprint density at radius 3 is 2.63 bits per heavy atom. The number of hydrogen-bond acceptors (Lipinski definition) is 3. The van der Waals surface area contributed by atoms with E-state index in [9.17, 15) is 5.11 Å². The van der Waals surface area contributed by atoms with E-state index in [0.29, 0.717) is 6.42 Å². The Labute approximate surface area is 164 Å². The monoisotopic (exact) mass is 367 g/mol. The summed E-state index contributed by atoms with van der Waals surface area (Å²) in [5, 5.41) is 9.68. The van der Waals surface area contributed by atoms with Crippen LogP contribution < -0.4 is 4.74 Å². The predicted molar refractivity (Wildman–Crippen MR) is 111 cm³/mol. The molecule has 0 aliphatic carbocycles. The van der Waals surface area contributed by atoms with Crippen molar-refractivity contribution < 1.29 is 9.84 Å². The highest BCUT2D eigenvalue weighted by Gasteiger charge is 2.25. The minimum Gasteiger partial charge on any atom is -0.485 e. The lowest BCUT2D eigenvalue weighted by atomic mass is 9.92. The summed E-state index contributed by atoms with van der Waals surface area (Å²) in [6, 6.07) is 15.0. The lowest BCUT2D eigenvalue weighted by Crippen LogP contribution is -2.37. The Morgan fingerprint density at radius 1 is 1.19 bits per heavy atom. The smallest absolute Gasteiger partial charge is 0.124 e. The van der Waals surface area contributed by atoms with Crippen LogP contribution >= 0.6 is 0 Å². The van der Waals surface area contributed by atoms with Gasteiger partial charge in [-0.25, -0.2) is 0 Å². The first-order chi connectivity index (χ1) is 12.7. The number of fused-ring (bicyclic) bond motifs is 1. The van der Waals surface area contributed by atoms with Gasteiger partial charge in [0.25, 0.3) is 0 Å². The maximum atomic E-state index is 9.68. The number of aryl methyl sites for hydroxylation is 1. The van der Waals surface area contributed by atoms with Gasteiger partial charge in [0.2, 0.25) is 0 Å². The standard InChI is InChI=1S/C24H33NO2/c1-17(26)14-18-10-11-19-12-13-22(27-23(19)15-18)21-9-7-6-8-20(21)16-25(5)24(2,3)4/h6-11,15,17,22,26H,12-14,16H2,1-5H3. The van der Waals surface area contributed by atoms with Crippen molar-refractivity contribution in [1.29, 1.82) is 0 Å². The molecule has 3 rings (SSSR count). The number of nitrogens with zero attached hydrogens (tertiary/aromatic N) is 1. The van der Waals surface area contributed by atoms with E-state index in [1.54, 1.807) is 0 Å². The van der Waals surface area contributed by atoms with E-state index in [0.717, 1.165) is 30.7 Å². The number of aliphatic hydroxyl groups excluding tert-OH is 1. The lowest BCUT2D eigenvalue weighted by Gasteiger charge is -2.34. The van der Waals surface area contributed by atoms with Crippen LogP contribution in [-0.4, -0.2) is 28.7 Å². The van der Waals surface area contributed by atoms with Crippen molar-refractivity contribution in [2.24, 2.45) is 0 Å². The van der Waals surface area contributed by atoms with Gasteiger partial charge in [0, 0.05) is 12.1 Å². The zero-order valence-electron chi connectivity index (χ0n) is 17.3. The molecule has 2 aromatic carbocycles. The number of ether oxygens (including phenoxy) is 1. The van der Waals surface area contributed by atoms with Gasteiger partial charge in [-0.15, -0.1) is 0 Å². The molecule has 0 aromatic heterocycles. The second-order valence-corrected chi connectivity index (χ2v) is 8.87. The van der Waals surface area contributed by atoms with Crippen LogP contribution in [0.25, 0.3) is 0 Å². The number of benzene rings is 2. The summed E-state index contributed by atoms with van der Waals surface area (Å²) in [6.07, 6.45) is 2.44. The van der Waals surface area contributed by atoms with Crippen molar-refractivity contribution in [1.82, 2.24) is 4.90 Å². The third-order valence-electron chi connectivity index (χ3n) is 5.56. The van der Waals surface area contributed by atoms with Crippen molar-refractivity contribution in [3.63, 3.8) is 0 Å². The molecule has 0 bridgehead atoms. The lowest BCUT2D eigenvalue weighted by molar-refractivity contribution is 0.156. The molecule has 1 aliphatic rings. The van der Waals surface area contributed by atoms with E-state index in [1.165, 1.54) is 16.7 Å². The molecular formula is C24H33NO2. The fourth-order valence-electron chi connectivity index (χ4n) is 3.59. The molecule has 0 spiro atoms. The second kappa shape index (κ2) is 8.04. The molecule has 0 saturated heterocycles. The van der Waals surface area contributed by atoms with E-state index in [2.05, 4.69) is 75.2 Å². The molecule has 2 unspecified atom stereocenters. The molecular weight excluding hydrogens is 334 g/mol. The number of hydrogen-bond donors (Lipinski definition) is 1. The van der Waals surface area contributed by atoms with Crippen molar-refractivity contribution in [2.45, 2.75) is 71.2 Å². The van der Waals surface area contributed by atoms with Gasteiger partial charge < -0.3 is 9.84 Å². The van der Waals surface area contributed by atoms with Crippen LogP contribution in [-0.2, 0) is 19.4 Å². The maximum Gasteiger partial charge on any atom is 0.124 e. The summed E-state index contributed by atoms with van der Waals surface area (Å²) in [4.78, 5) is 2.38. The molecule has 3 heteroatoms. The Bertz CT molecular complexity index is 776. The first kappa shape index (κ1) is 19.9. The maximum absolute atomic E-state index is 9.68. The highest BCUT2D eigenvalue weighted by atomic mass is 16.5. The summed E-state index contributed by atoms with van der Waals surface area (Å²) in [5.74, 6) is 0.975. The quantitative estimate of drug-likeness (QED) is 0.815. The topological polar surface area (TPSA) is 32.7 Å². The summed E-state index contributed by atoms with van der Waals surface area (Å²) in [6.45, 7) is 9.46. The largest absolute Gasteiger partial charge is 0.485 e. The van der Waals surface area contributed by atoms with E-state index in [4.69, 9.17) is 4.74 Å². The van der Waals surface area contributed by atoms with Crippen LogP contribution in [0.2, 0.25) is 0 Å². The summed E-state index contributed by atoms with van der Waals surface area (Å²) in [5.41, 5.74) is 5.15. The fraction of sp³-hybridized carbons (Fsp3) is 0.500. The predicted octanol–water partition coefficient (Wildman–Crippen LogP) is 4.91. The zero-order valence-corrected chi connectivity index (χ0v) is 17.3. The molecule has 2 aromatic rings. The highest BCUT2D eigenvalue weighted by Crippen LogP contribution is 2.37. The Morgan fingerprint density at radius 2 is 1.93 bits per heavy atom. The van der Waals surface area contributed by atoms with Gasteiger partial charge >= 0.3 is 0 Å². The molecule has 0 saturated carbocycles. The van der Waals surface area contributed by atoms with Crippen LogP contribution in [0.3, 0.4) is 0 Å². The summed E-state index contributed by atoms with van der Waals surface area (Å²) < 4.78 is 6.45. The molecule has 0 amide bonds.